The number of rotatable bonds is 6. The first-order valence-electron chi connectivity index (χ1n) is 6.65. The molecule has 2 rings (SSSR count). The Bertz CT molecular complexity index is 462. The van der Waals surface area contributed by atoms with Crippen molar-refractivity contribution in [2.75, 3.05) is 11.4 Å². The van der Waals surface area contributed by atoms with Crippen molar-refractivity contribution < 1.29 is 0 Å². The third-order valence-corrected chi connectivity index (χ3v) is 3.12. The second-order valence-corrected chi connectivity index (χ2v) is 4.48. The lowest BCUT2D eigenvalue weighted by atomic mass is 10.1. The molecule has 0 bridgehead atoms. The number of para-hydroxylation sites is 1. The molecule has 3 heteroatoms. The second-order valence-electron chi connectivity index (χ2n) is 4.48. The highest BCUT2D eigenvalue weighted by Crippen LogP contribution is 2.22. The topological polar surface area (TPSA) is 31.9 Å². The summed E-state index contributed by atoms with van der Waals surface area (Å²) in [6, 6.07) is 8.66. The molecule has 0 aliphatic rings. The lowest BCUT2D eigenvalue weighted by molar-refractivity contribution is 0.752. The molecule has 1 heterocycles. The van der Waals surface area contributed by atoms with Crippen LogP contribution in [0.15, 0.2) is 36.8 Å². The number of hydrogen-bond acceptors (Lipinski definition) is 2. The number of nitrogens with one attached hydrogen (secondary N) is 1. The molecule has 96 valence electrons. The Labute approximate surface area is 109 Å². The van der Waals surface area contributed by atoms with Gasteiger partial charge in [-0.2, -0.15) is 0 Å². The van der Waals surface area contributed by atoms with Crippen LogP contribution in [0.5, 0.6) is 0 Å². The minimum atomic E-state index is 0.894. The molecule has 0 aliphatic heterocycles. The van der Waals surface area contributed by atoms with Crippen molar-refractivity contribution in [2.45, 2.75) is 33.2 Å². The Morgan fingerprint density at radius 1 is 1.22 bits per heavy atom. The van der Waals surface area contributed by atoms with Gasteiger partial charge < -0.3 is 9.88 Å². The molecule has 0 atom stereocenters. The fourth-order valence-electron chi connectivity index (χ4n) is 2.25. The van der Waals surface area contributed by atoms with Gasteiger partial charge in [0.05, 0.1) is 18.6 Å². The molecule has 3 nitrogen and oxygen atoms in total. The number of aryl methyl sites for hydroxylation is 1. The van der Waals surface area contributed by atoms with E-state index in [0.29, 0.717) is 0 Å². The molecule has 0 radical (unpaired) electrons. The number of benzene rings is 1. The highest BCUT2D eigenvalue weighted by molar-refractivity contribution is 5.53. The molecule has 2 aromatic rings. The maximum atomic E-state index is 4.09. The summed E-state index contributed by atoms with van der Waals surface area (Å²) >= 11 is 0. The van der Waals surface area contributed by atoms with Crippen LogP contribution in [0.2, 0.25) is 0 Å². The summed E-state index contributed by atoms with van der Waals surface area (Å²) in [6.07, 6.45) is 5.86. The molecule has 0 saturated heterocycles. The molecule has 1 aromatic heterocycles. The average Bonchev–Trinajstić information content (AvgIpc) is 2.91. The Balaban J connectivity index is 2.23. The molecule has 0 fully saturated rings. The van der Waals surface area contributed by atoms with Gasteiger partial charge in [0.25, 0.3) is 0 Å². The van der Waals surface area contributed by atoms with E-state index < -0.39 is 0 Å². The molecule has 0 unspecified atom stereocenters. The molecular weight excluding hydrogens is 222 g/mol. The van der Waals surface area contributed by atoms with Gasteiger partial charge in [-0.1, -0.05) is 32.0 Å². The number of aromatic nitrogens is 2. The highest BCUT2D eigenvalue weighted by atomic mass is 15.1. The Hall–Kier alpha value is -1.77. The molecule has 18 heavy (non-hydrogen) atoms. The monoisotopic (exact) mass is 243 g/mol. The SMILES string of the molecule is CCCN(Cc1cnc[nH]1)c1ccccc1CC. The van der Waals surface area contributed by atoms with E-state index in [1.54, 1.807) is 6.33 Å². The highest BCUT2D eigenvalue weighted by Gasteiger charge is 2.10. The molecular formula is C15H21N3. The molecule has 0 spiro atoms. The first-order chi connectivity index (χ1) is 8.85. The lowest BCUT2D eigenvalue weighted by Crippen LogP contribution is -2.24. The van der Waals surface area contributed by atoms with E-state index in [4.69, 9.17) is 0 Å². The maximum Gasteiger partial charge on any atom is 0.0922 e. The number of imidazole rings is 1. The van der Waals surface area contributed by atoms with Crippen molar-refractivity contribution in [1.29, 1.82) is 0 Å². The zero-order valence-electron chi connectivity index (χ0n) is 11.2. The molecule has 0 aliphatic carbocycles. The fourth-order valence-corrected chi connectivity index (χ4v) is 2.25. The van der Waals surface area contributed by atoms with E-state index >= 15 is 0 Å². The summed E-state index contributed by atoms with van der Waals surface area (Å²) < 4.78 is 0. The van der Waals surface area contributed by atoms with Crippen molar-refractivity contribution >= 4 is 5.69 Å². The summed E-state index contributed by atoms with van der Waals surface area (Å²) in [5, 5.41) is 0. The lowest BCUT2D eigenvalue weighted by Gasteiger charge is -2.26. The summed E-state index contributed by atoms with van der Waals surface area (Å²) in [5.74, 6) is 0. The predicted molar refractivity (Wildman–Crippen MR) is 75.7 cm³/mol. The van der Waals surface area contributed by atoms with Crippen LogP contribution in [-0.4, -0.2) is 16.5 Å². The van der Waals surface area contributed by atoms with Crippen LogP contribution < -0.4 is 4.90 Å². The van der Waals surface area contributed by atoms with Gasteiger partial charge in [-0.15, -0.1) is 0 Å². The van der Waals surface area contributed by atoms with Crippen LogP contribution in [0.25, 0.3) is 0 Å². The minimum absolute atomic E-state index is 0.894. The van der Waals surface area contributed by atoms with Crippen LogP contribution in [0.3, 0.4) is 0 Å². The third-order valence-electron chi connectivity index (χ3n) is 3.12. The van der Waals surface area contributed by atoms with Gasteiger partial charge >= 0.3 is 0 Å². The predicted octanol–water partition coefficient (Wildman–Crippen LogP) is 3.39. The van der Waals surface area contributed by atoms with Crippen LogP contribution in [0.1, 0.15) is 31.5 Å². The van der Waals surface area contributed by atoms with Crippen LogP contribution in [0.4, 0.5) is 5.69 Å². The summed E-state index contributed by atoms with van der Waals surface area (Å²) in [7, 11) is 0. The zero-order chi connectivity index (χ0) is 12.8. The van der Waals surface area contributed by atoms with Crippen molar-refractivity contribution in [2.24, 2.45) is 0 Å². The molecule has 1 aromatic carbocycles. The van der Waals surface area contributed by atoms with E-state index in [2.05, 4.69) is 53.0 Å². The van der Waals surface area contributed by atoms with Gasteiger partial charge in [-0.3, -0.25) is 0 Å². The van der Waals surface area contributed by atoms with Crippen molar-refractivity contribution in [3.8, 4) is 0 Å². The third kappa shape index (κ3) is 2.92. The van der Waals surface area contributed by atoms with Gasteiger partial charge in [-0.05, 0) is 24.5 Å². The quantitative estimate of drug-likeness (QED) is 0.843. The zero-order valence-corrected chi connectivity index (χ0v) is 11.2. The smallest absolute Gasteiger partial charge is 0.0922 e. The molecule has 0 amide bonds. The van der Waals surface area contributed by atoms with Crippen LogP contribution in [0, 0.1) is 0 Å². The average molecular weight is 243 g/mol. The Morgan fingerprint density at radius 3 is 2.72 bits per heavy atom. The van der Waals surface area contributed by atoms with Crippen LogP contribution in [-0.2, 0) is 13.0 Å². The van der Waals surface area contributed by atoms with E-state index in [0.717, 1.165) is 31.6 Å². The van der Waals surface area contributed by atoms with Gasteiger partial charge in [0, 0.05) is 18.4 Å². The number of nitrogens with zero attached hydrogens (tertiary/aromatic N) is 2. The maximum absolute atomic E-state index is 4.09. The largest absolute Gasteiger partial charge is 0.365 e. The fraction of sp³-hybridized carbons (Fsp3) is 0.400. The number of aromatic amines is 1. The van der Waals surface area contributed by atoms with E-state index in [9.17, 15) is 0 Å². The van der Waals surface area contributed by atoms with Gasteiger partial charge in [0.1, 0.15) is 0 Å². The van der Waals surface area contributed by atoms with Gasteiger partial charge in [0.2, 0.25) is 0 Å². The normalized spacial score (nSPS) is 10.6. The Kier molecular flexibility index (Phi) is 4.40. The summed E-state index contributed by atoms with van der Waals surface area (Å²) in [6.45, 7) is 6.38. The van der Waals surface area contributed by atoms with E-state index in [-0.39, 0.29) is 0 Å². The number of H-pyrrole nitrogens is 1. The van der Waals surface area contributed by atoms with Crippen molar-refractivity contribution in [3.63, 3.8) is 0 Å². The molecule has 0 saturated carbocycles. The van der Waals surface area contributed by atoms with Crippen LogP contribution >= 0.6 is 0 Å². The second kappa shape index (κ2) is 6.24. The Morgan fingerprint density at radius 2 is 2.06 bits per heavy atom. The van der Waals surface area contributed by atoms with Crippen molar-refractivity contribution in [3.05, 3.63) is 48.0 Å². The minimum Gasteiger partial charge on any atom is -0.365 e. The van der Waals surface area contributed by atoms with Gasteiger partial charge in [-0.25, -0.2) is 4.98 Å². The first kappa shape index (κ1) is 12.7. The first-order valence-corrected chi connectivity index (χ1v) is 6.65. The summed E-state index contributed by atoms with van der Waals surface area (Å²) in [5.41, 5.74) is 3.91. The van der Waals surface area contributed by atoms with E-state index in [1.165, 1.54) is 11.3 Å². The van der Waals surface area contributed by atoms with Crippen molar-refractivity contribution in [1.82, 2.24) is 9.97 Å². The van der Waals surface area contributed by atoms with Gasteiger partial charge in [0.15, 0.2) is 0 Å². The summed E-state index contributed by atoms with van der Waals surface area (Å²) in [4.78, 5) is 9.69. The molecule has 1 N–H and O–H groups in total. The number of hydrogen-bond donors (Lipinski definition) is 1. The van der Waals surface area contributed by atoms with E-state index in [1.807, 2.05) is 6.20 Å². The number of anilines is 1. The standard InChI is InChI=1S/C15H21N3/c1-3-9-18(11-14-10-16-12-17-14)15-8-6-5-7-13(15)4-2/h5-8,10,12H,3-4,9,11H2,1-2H3,(H,16,17).